The maximum absolute atomic E-state index is 5.32. The van der Waals surface area contributed by atoms with Crippen LogP contribution in [0, 0.1) is 23.7 Å². The van der Waals surface area contributed by atoms with Crippen LogP contribution in [0.5, 0.6) is 0 Å². The van der Waals surface area contributed by atoms with E-state index in [4.69, 9.17) is 9.98 Å². The summed E-state index contributed by atoms with van der Waals surface area (Å²) in [5.74, 6) is 13.8. The van der Waals surface area contributed by atoms with E-state index in [1.54, 1.807) is 0 Å². The molecule has 0 bridgehead atoms. The van der Waals surface area contributed by atoms with Gasteiger partial charge in [0.1, 0.15) is 0 Å². The zero-order valence-electron chi connectivity index (χ0n) is 40.3. The second-order valence-corrected chi connectivity index (χ2v) is 17.7. The molecule has 0 N–H and O–H groups in total. The first-order valence-electron chi connectivity index (χ1n) is 26.0. The van der Waals surface area contributed by atoms with E-state index in [0.717, 1.165) is 78.9 Å². The quantitative estimate of drug-likeness (QED) is 0.0280. The molecule has 2 aromatic rings. The monoisotopic (exact) mass is 875 g/mol. The van der Waals surface area contributed by atoms with Gasteiger partial charge < -0.3 is 0 Å². The number of unbranched alkanes of at least 4 members (excludes halogenated alkanes) is 30. The fraction of sp³-hybridized carbons (Fsp3) is 0.690. The molecular formula is C58H92N2Ni. The van der Waals surface area contributed by atoms with Crippen LogP contribution in [-0.2, 0) is 16.5 Å². The second-order valence-electron chi connectivity index (χ2n) is 17.7. The van der Waals surface area contributed by atoms with Crippen molar-refractivity contribution in [3.8, 4) is 23.7 Å². The van der Waals surface area contributed by atoms with E-state index in [-0.39, 0.29) is 16.5 Å². The number of hydrogen-bond donors (Lipinski definition) is 0. The molecule has 0 fully saturated rings. The summed E-state index contributed by atoms with van der Waals surface area (Å²) in [5, 5.41) is 0. The molecular weight excluding hydrogens is 783 g/mol. The molecule has 0 aliphatic heterocycles. The van der Waals surface area contributed by atoms with E-state index in [2.05, 4.69) is 99.9 Å². The molecule has 0 heterocycles. The van der Waals surface area contributed by atoms with E-state index < -0.39 is 0 Å². The summed E-state index contributed by atoms with van der Waals surface area (Å²) in [4.78, 5) is 10.6. The summed E-state index contributed by atoms with van der Waals surface area (Å²) < 4.78 is 0. The van der Waals surface area contributed by atoms with Gasteiger partial charge in [-0.25, -0.2) is 0 Å². The standard InChI is InChI=1S/C58H92N2.Ni/c1-5-9-13-16-18-20-22-24-26-28-30-32-34-36-38-43-53-45-41-47-55(51-53)59-57(49-12-8-4)58(50-40-15-11-7-3)60-56-48-42-46-54(52-56)44-39-37-35-33-31-29-27-25-23-21-19-17-14-10-6-2;/h41-42,45-48,51-52H,5-37,40,49-50H2,1-4H3;. The first-order valence-corrected chi connectivity index (χ1v) is 26.0. The Balaban J connectivity index is 0.0000186. The molecule has 344 valence electrons. The molecule has 2 rings (SSSR count). The minimum Gasteiger partial charge on any atom is -0.252 e. The normalized spacial score (nSPS) is 11.5. The van der Waals surface area contributed by atoms with Gasteiger partial charge in [-0.15, -0.1) is 0 Å². The minimum atomic E-state index is 0. The molecule has 0 aliphatic carbocycles. The number of aliphatic imine (C=N–C) groups is 2. The molecule has 0 aromatic heterocycles. The van der Waals surface area contributed by atoms with Crippen molar-refractivity contribution in [1.82, 2.24) is 0 Å². The van der Waals surface area contributed by atoms with Gasteiger partial charge in [0.25, 0.3) is 0 Å². The molecule has 61 heavy (non-hydrogen) atoms. The van der Waals surface area contributed by atoms with E-state index in [9.17, 15) is 0 Å². The van der Waals surface area contributed by atoms with Crippen molar-refractivity contribution in [2.75, 3.05) is 0 Å². The molecule has 0 atom stereocenters. The van der Waals surface area contributed by atoms with Crippen LogP contribution in [0.1, 0.15) is 270 Å². The Labute approximate surface area is 389 Å². The zero-order chi connectivity index (χ0) is 42.8. The maximum Gasteiger partial charge on any atom is 0.0646 e. The van der Waals surface area contributed by atoms with Crippen LogP contribution in [0.25, 0.3) is 0 Å². The largest absolute Gasteiger partial charge is 0.252 e. The van der Waals surface area contributed by atoms with Crippen LogP contribution in [0.3, 0.4) is 0 Å². The Morgan fingerprint density at radius 1 is 0.361 bits per heavy atom. The number of nitrogens with zero attached hydrogens (tertiary/aromatic N) is 2. The van der Waals surface area contributed by atoms with Crippen LogP contribution in [0.15, 0.2) is 58.5 Å². The molecule has 0 amide bonds. The summed E-state index contributed by atoms with van der Waals surface area (Å²) in [6.45, 7) is 9.14. The predicted octanol–water partition coefficient (Wildman–Crippen LogP) is 19.4. The third kappa shape index (κ3) is 32.7. The predicted molar refractivity (Wildman–Crippen MR) is 270 cm³/mol. The second kappa shape index (κ2) is 42.7. The van der Waals surface area contributed by atoms with Gasteiger partial charge in [0, 0.05) is 40.5 Å². The molecule has 0 radical (unpaired) electrons. The molecule has 0 saturated carbocycles. The van der Waals surface area contributed by atoms with Crippen LogP contribution in [-0.4, -0.2) is 11.4 Å². The first kappa shape index (κ1) is 56.4. The summed E-state index contributed by atoms with van der Waals surface area (Å²) in [6, 6.07) is 17.1. The number of hydrogen-bond acceptors (Lipinski definition) is 2. The van der Waals surface area contributed by atoms with E-state index in [0.29, 0.717) is 0 Å². The van der Waals surface area contributed by atoms with Gasteiger partial charge in [-0.3, -0.25) is 9.98 Å². The van der Waals surface area contributed by atoms with Crippen molar-refractivity contribution in [3.63, 3.8) is 0 Å². The fourth-order valence-electron chi connectivity index (χ4n) is 8.00. The third-order valence-corrected chi connectivity index (χ3v) is 11.9. The summed E-state index contributed by atoms with van der Waals surface area (Å²) >= 11 is 0. The Morgan fingerprint density at radius 2 is 0.656 bits per heavy atom. The first-order chi connectivity index (χ1) is 29.7. The van der Waals surface area contributed by atoms with Crippen LogP contribution < -0.4 is 0 Å². The molecule has 0 spiro atoms. The average Bonchev–Trinajstić information content (AvgIpc) is 3.26. The zero-order valence-corrected chi connectivity index (χ0v) is 41.3. The van der Waals surface area contributed by atoms with Gasteiger partial charge in [0.05, 0.1) is 22.8 Å². The van der Waals surface area contributed by atoms with E-state index in [1.807, 2.05) is 0 Å². The summed E-state index contributed by atoms with van der Waals surface area (Å²) in [5.41, 5.74) is 6.37. The van der Waals surface area contributed by atoms with E-state index in [1.165, 1.54) is 186 Å². The fourth-order valence-corrected chi connectivity index (χ4v) is 8.00. The summed E-state index contributed by atoms with van der Waals surface area (Å²) in [6.07, 6.45) is 46.9. The van der Waals surface area contributed by atoms with Crippen molar-refractivity contribution >= 4 is 22.8 Å². The molecule has 0 unspecified atom stereocenters. The van der Waals surface area contributed by atoms with Crippen molar-refractivity contribution in [2.45, 2.75) is 259 Å². The topological polar surface area (TPSA) is 24.7 Å². The average molecular weight is 876 g/mol. The Morgan fingerprint density at radius 3 is 1.00 bits per heavy atom. The minimum absolute atomic E-state index is 0. The third-order valence-electron chi connectivity index (χ3n) is 11.9. The molecule has 2 nitrogen and oxygen atoms in total. The summed E-state index contributed by atoms with van der Waals surface area (Å²) in [7, 11) is 0. The molecule has 0 saturated heterocycles. The van der Waals surface area contributed by atoms with E-state index >= 15 is 0 Å². The van der Waals surface area contributed by atoms with Crippen molar-refractivity contribution < 1.29 is 16.5 Å². The van der Waals surface area contributed by atoms with Crippen molar-refractivity contribution in [3.05, 3.63) is 59.7 Å². The Kier molecular flexibility index (Phi) is 39.5. The van der Waals surface area contributed by atoms with Gasteiger partial charge >= 0.3 is 0 Å². The smallest absolute Gasteiger partial charge is 0.0646 e. The number of benzene rings is 2. The SMILES string of the molecule is CCCCCCCCCCCCCCCC#Cc1cccc(N=C(CCCC)C(CCCCCC)=Nc2cccc(C#CCCCCCCCCCCCCCCC)c2)c1.[Ni]. The molecule has 2 aromatic carbocycles. The van der Waals surface area contributed by atoms with Crippen molar-refractivity contribution in [2.24, 2.45) is 9.98 Å². The Bertz CT molecular complexity index is 1500. The Hall–Kier alpha value is -2.61. The van der Waals surface area contributed by atoms with Gasteiger partial charge in [0.2, 0.25) is 0 Å². The van der Waals surface area contributed by atoms with Crippen LogP contribution in [0.2, 0.25) is 0 Å². The van der Waals surface area contributed by atoms with Gasteiger partial charge in [-0.1, -0.05) is 243 Å². The molecule has 0 aliphatic rings. The van der Waals surface area contributed by atoms with Gasteiger partial charge in [-0.05, 0) is 74.9 Å². The van der Waals surface area contributed by atoms with Gasteiger partial charge in [-0.2, -0.15) is 0 Å². The number of rotatable bonds is 37. The van der Waals surface area contributed by atoms with Crippen LogP contribution in [0.4, 0.5) is 11.4 Å². The maximum atomic E-state index is 5.32. The van der Waals surface area contributed by atoms with Crippen LogP contribution >= 0.6 is 0 Å². The van der Waals surface area contributed by atoms with Gasteiger partial charge in [0.15, 0.2) is 0 Å². The van der Waals surface area contributed by atoms with Crippen molar-refractivity contribution in [1.29, 1.82) is 0 Å². The molecule has 3 heteroatoms.